The normalized spacial score (nSPS) is 19.9. The van der Waals surface area contributed by atoms with Crippen LogP contribution in [0.15, 0.2) is 24.3 Å². The van der Waals surface area contributed by atoms with Crippen molar-refractivity contribution in [1.82, 2.24) is 4.90 Å². The summed E-state index contributed by atoms with van der Waals surface area (Å²) < 4.78 is 0. The first kappa shape index (κ1) is 13.6. The first-order valence-corrected chi connectivity index (χ1v) is 7.45. The van der Waals surface area contributed by atoms with Gasteiger partial charge in [-0.25, -0.2) is 0 Å². The SMILES string of the molecule is O=C(c1ccc(CBr)cc1)N1CCCCC1CO. The van der Waals surface area contributed by atoms with Crippen molar-refractivity contribution in [3.63, 3.8) is 0 Å². The van der Waals surface area contributed by atoms with Crippen molar-refractivity contribution in [1.29, 1.82) is 0 Å². The molecule has 1 atom stereocenters. The zero-order chi connectivity index (χ0) is 13.0. The van der Waals surface area contributed by atoms with E-state index in [0.29, 0.717) is 5.56 Å². The zero-order valence-electron chi connectivity index (χ0n) is 10.3. The van der Waals surface area contributed by atoms with Gasteiger partial charge in [-0.15, -0.1) is 0 Å². The highest BCUT2D eigenvalue weighted by Crippen LogP contribution is 2.19. The molecular formula is C14H18BrNO2. The number of piperidine rings is 1. The van der Waals surface area contributed by atoms with Gasteiger partial charge in [0.15, 0.2) is 0 Å². The minimum absolute atomic E-state index is 0.0119. The number of rotatable bonds is 3. The van der Waals surface area contributed by atoms with Gasteiger partial charge in [-0.05, 0) is 37.0 Å². The molecule has 0 aromatic heterocycles. The summed E-state index contributed by atoms with van der Waals surface area (Å²) in [5.74, 6) is 0.0369. The number of carbonyl (C=O) groups is 1. The van der Waals surface area contributed by atoms with Crippen molar-refractivity contribution in [3.8, 4) is 0 Å². The lowest BCUT2D eigenvalue weighted by molar-refractivity contribution is 0.0503. The summed E-state index contributed by atoms with van der Waals surface area (Å²) in [4.78, 5) is 14.2. The lowest BCUT2D eigenvalue weighted by atomic mass is 10.0. The van der Waals surface area contributed by atoms with Crippen LogP contribution in [0.4, 0.5) is 0 Å². The van der Waals surface area contributed by atoms with E-state index in [4.69, 9.17) is 0 Å². The molecule has 2 rings (SSSR count). The summed E-state index contributed by atoms with van der Waals surface area (Å²) in [6.07, 6.45) is 3.03. The fourth-order valence-electron chi connectivity index (χ4n) is 2.36. The number of amides is 1. The number of hydrogen-bond acceptors (Lipinski definition) is 2. The van der Waals surface area contributed by atoms with E-state index in [9.17, 15) is 9.90 Å². The quantitative estimate of drug-likeness (QED) is 0.872. The van der Waals surface area contributed by atoms with E-state index < -0.39 is 0 Å². The summed E-state index contributed by atoms with van der Waals surface area (Å²) in [7, 11) is 0. The van der Waals surface area contributed by atoms with Crippen molar-refractivity contribution in [2.75, 3.05) is 13.2 Å². The Morgan fingerprint density at radius 1 is 1.33 bits per heavy atom. The molecule has 1 aromatic rings. The summed E-state index contributed by atoms with van der Waals surface area (Å²) in [5.41, 5.74) is 1.86. The number of nitrogens with zero attached hydrogens (tertiary/aromatic N) is 1. The van der Waals surface area contributed by atoms with Gasteiger partial charge in [-0.2, -0.15) is 0 Å². The van der Waals surface area contributed by atoms with Crippen molar-refractivity contribution in [3.05, 3.63) is 35.4 Å². The Hall–Kier alpha value is -0.870. The molecule has 3 nitrogen and oxygen atoms in total. The first-order valence-electron chi connectivity index (χ1n) is 6.33. The number of halogens is 1. The molecule has 1 aliphatic rings. The molecule has 1 heterocycles. The predicted molar refractivity (Wildman–Crippen MR) is 74.8 cm³/mol. The number of carbonyl (C=O) groups excluding carboxylic acids is 1. The van der Waals surface area contributed by atoms with E-state index in [1.54, 1.807) is 0 Å². The smallest absolute Gasteiger partial charge is 0.254 e. The van der Waals surface area contributed by atoms with Crippen LogP contribution in [-0.4, -0.2) is 35.1 Å². The van der Waals surface area contributed by atoms with Crippen LogP contribution in [0.1, 0.15) is 35.2 Å². The summed E-state index contributed by atoms with van der Waals surface area (Å²) in [6, 6.07) is 7.63. The summed E-state index contributed by atoms with van der Waals surface area (Å²) >= 11 is 3.39. The number of aliphatic hydroxyl groups excluding tert-OH is 1. The Bertz CT molecular complexity index is 405. The molecule has 0 bridgehead atoms. The zero-order valence-corrected chi connectivity index (χ0v) is 11.9. The Morgan fingerprint density at radius 2 is 2.06 bits per heavy atom. The molecule has 1 unspecified atom stereocenters. The third-order valence-corrected chi connectivity index (χ3v) is 4.10. The molecule has 98 valence electrons. The van der Waals surface area contributed by atoms with Crippen LogP contribution in [0.25, 0.3) is 0 Å². The largest absolute Gasteiger partial charge is 0.394 e. The lowest BCUT2D eigenvalue weighted by Gasteiger charge is -2.34. The van der Waals surface area contributed by atoms with Crippen molar-refractivity contribution in [2.24, 2.45) is 0 Å². The highest BCUT2D eigenvalue weighted by atomic mass is 79.9. The molecular weight excluding hydrogens is 294 g/mol. The maximum Gasteiger partial charge on any atom is 0.254 e. The van der Waals surface area contributed by atoms with Gasteiger partial charge < -0.3 is 10.0 Å². The third kappa shape index (κ3) is 2.93. The van der Waals surface area contributed by atoms with Crippen LogP contribution in [-0.2, 0) is 5.33 Å². The van der Waals surface area contributed by atoms with Gasteiger partial charge in [0.05, 0.1) is 12.6 Å². The minimum Gasteiger partial charge on any atom is -0.394 e. The van der Waals surface area contributed by atoms with Gasteiger partial charge in [0.2, 0.25) is 0 Å². The van der Waals surface area contributed by atoms with E-state index in [1.807, 2.05) is 29.2 Å². The van der Waals surface area contributed by atoms with Gasteiger partial charge in [-0.1, -0.05) is 28.1 Å². The van der Waals surface area contributed by atoms with E-state index in [2.05, 4.69) is 15.9 Å². The molecule has 1 amide bonds. The van der Waals surface area contributed by atoms with Crippen LogP contribution in [0.5, 0.6) is 0 Å². The average molecular weight is 312 g/mol. The average Bonchev–Trinajstić information content (AvgIpc) is 2.46. The highest BCUT2D eigenvalue weighted by Gasteiger charge is 2.26. The molecule has 4 heteroatoms. The molecule has 1 saturated heterocycles. The molecule has 0 aliphatic carbocycles. The number of benzene rings is 1. The molecule has 0 radical (unpaired) electrons. The van der Waals surface area contributed by atoms with Crippen LogP contribution >= 0.6 is 15.9 Å². The topological polar surface area (TPSA) is 40.5 Å². The Balaban J connectivity index is 2.13. The number of aliphatic hydroxyl groups is 1. The van der Waals surface area contributed by atoms with E-state index in [1.165, 1.54) is 0 Å². The van der Waals surface area contributed by atoms with Crippen LogP contribution in [0, 0.1) is 0 Å². The predicted octanol–water partition coefficient (Wildman–Crippen LogP) is 2.57. The lowest BCUT2D eigenvalue weighted by Crippen LogP contribution is -2.45. The maximum atomic E-state index is 12.4. The number of alkyl halides is 1. The monoisotopic (exact) mass is 311 g/mol. The Labute approximate surface area is 116 Å². The first-order chi connectivity index (χ1) is 8.76. The summed E-state index contributed by atoms with van der Waals surface area (Å²) in [6.45, 7) is 0.815. The Kier molecular flexibility index (Phi) is 4.78. The molecule has 18 heavy (non-hydrogen) atoms. The molecule has 1 fully saturated rings. The second-order valence-electron chi connectivity index (χ2n) is 4.66. The number of hydrogen-bond donors (Lipinski definition) is 1. The molecule has 0 saturated carbocycles. The third-order valence-electron chi connectivity index (χ3n) is 3.45. The molecule has 1 aliphatic heterocycles. The van der Waals surface area contributed by atoms with Crippen molar-refractivity contribution < 1.29 is 9.90 Å². The van der Waals surface area contributed by atoms with Crippen LogP contribution < -0.4 is 0 Å². The number of likely N-dealkylation sites (tertiary alicyclic amines) is 1. The van der Waals surface area contributed by atoms with Crippen LogP contribution in [0.3, 0.4) is 0 Å². The second kappa shape index (κ2) is 6.34. The fourth-order valence-corrected chi connectivity index (χ4v) is 2.73. The van der Waals surface area contributed by atoms with Crippen molar-refractivity contribution in [2.45, 2.75) is 30.6 Å². The second-order valence-corrected chi connectivity index (χ2v) is 5.22. The van der Waals surface area contributed by atoms with Crippen molar-refractivity contribution >= 4 is 21.8 Å². The van der Waals surface area contributed by atoms with Gasteiger partial charge in [0.25, 0.3) is 5.91 Å². The highest BCUT2D eigenvalue weighted by molar-refractivity contribution is 9.08. The minimum atomic E-state index is -0.0119. The fraction of sp³-hybridized carbons (Fsp3) is 0.500. The van der Waals surface area contributed by atoms with Gasteiger partial charge >= 0.3 is 0 Å². The Morgan fingerprint density at radius 3 is 2.67 bits per heavy atom. The summed E-state index contributed by atoms with van der Waals surface area (Å²) in [5, 5.41) is 10.1. The maximum absolute atomic E-state index is 12.4. The molecule has 0 spiro atoms. The molecule has 1 N–H and O–H groups in total. The van der Waals surface area contributed by atoms with Gasteiger partial charge in [-0.3, -0.25) is 4.79 Å². The molecule has 1 aromatic carbocycles. The van der Waals surface area contributed by atoms with Crippen LogP contribution in [0.2, 0.25) is 0 Å². The van der Waals surface area contributed by atoms with E-state index >= 15 is 0 Å². The van der Waals surface area contributed by atoms with E-state index in [0.717, 1.165) is 36.7 Å². The van der Waals surface area contributed by atoms with Gasteiger partial charge in [0.1, 0.15) is 0 Å². The van der Waals surface area contributed by atoms with E-state index in [-0.39, 0.29) is 18.6 Å². The van der Waals surface area contributed by atoms with Gasteiger partial charge in [0, 0.05) is 17.4 Å². The standard InChI is InChI=1S/C14H18BrNO2/c15-9-11-4-6-12(7-5-11)14(18)16-8-2-1-3-13(16)10-17/h4-7,13,17H,1-3,8-10H2.